The third-order valence-corrected chi connectivity index (χ3v) is 6.35. The van der Waals surface area contributed by atoms with Crippen LogP contribution in [0.2, 0.25) is 0 Å². The van der Waals surface area contributed by atoms with Crippen LogP contribution in [-0.4, -0.2) is 46.6 Å². The highest BCUT2D eigenvalue weighted by molar-refractivity contribution is 7.99. The van der Waals surface area contributed by atoms with E-state index in [0.29, 0.717) is 22.9 Å². The summed E-state index contributed by atoms with van der Waals surface area (Å²) in [6.07, 6.45) is 1.06. The molecule has 0 unspecified atom stereocenters. The summed E-state index contributed by atoms with van der Waals surface area (Å²) >= 11 is 1.60. The second-order valence-corrected chi connectivity index (χ2v) is 9.36. The van der Waals surface area contributed by atoms with Crippen molar-refractivity contribution in [1.29, 1.82) is 0 Å². The van der Waals surface area contributed by atoms with E-state index in [4.69, 9.17) is 9.47 Å². The second kappa shape index (κ2) is 9.89. The molecule has 0 aromatic heterocycles. The van der Waals surface area contributed by atoms with Gasteiger partial charge in [-0.25, -0.2) is 8.42 Å². The number of amides is 1. The molecule has 1 amide bonds. The molecule has 7 nitrogen and oxygen atoms in total. The zero-order chi connectivity index (χ0) is 21.6. The van der Waals surface area contributed by atoms with Crippen molar-refractivity contribution >= 4 is 39.1 Å². The molecule has 29 heavy (non-hydrogen) atoms. The first-order valence-corrected chi connectivity index (χ1v) is 11.8. The summed E-state index contributed by atoms with van der Waals surface area (Å²) in [4.78, 5) is 13.8. The lowest BCUT2D eigenvalue weighted by atomic mass is 10.2. The zero-order valence-corrected chi connectivity index (χ0v) is 18.8. The molecule has 9 heteroatoms. The lowest BCUT2D eigenvalue weighted by Gasteiger charge is -2.29. The molecule has 0 heterocycles. The van der Waals surface area contributed by atoms with Crippen LogP contribution in [0.3, 0.4) is 0 Å². The van der Waals surface area contributed by atoms with Gasteiger partial charge < -0.3 is 14.8 Å². The van der Waals surface area contributed by atoms with E-state index in [2.05, 4.69) is 5.32 Å². The SMILES string of the molecule is CCSc1ccccc1NC(=O)[C@H](C)N(c1ccc(OC)c(OC)c1)S(C)(=O)=O. The molecule has 2 aromatic rings. The van der Waals surface area contributed by atoms with Crippen molar-refractivity contribution in [2.75, 3.05) is 35.9 Å². The molecule has 0 spiro atoms. The Morgan fingerprint density at radius 1 is 1.14 bits per heavy atom. The van der Waals surface area contributed by atoms with Crippen molar-refractivity contribution in [3.63, 3.8) is 0 Å². The molecule has 1 N–H and O–H groups in total. The second-order valence-electron chi connectivity index (χ2n) is 6.19. The van der Waals surface area contributed by atoms with Crippen LogP contribution < -0.4 is 19.1 Å². The maximum atomic E-state index is 12.9. The van der Waals surface area contributed by atoms with E-state index < -0.39 is 22.0 Å². The number of rotatable bonds is 9. The maximum Gasteiger partial charge on any atom is 0.248 e. The Morgan fingerprint density at radius 3 is 2.38 bits per heavy atom. The highest BCUT2D eigenvalue weighted by Gasteiger charge is 2.30. The minimum absolute atomic E-state index is 0.309. The van der Waals surface area contributed by atoms with Gasteiger partial charge in [0.25, 0.3) is 0 Å². The van der Waals surface area contributed by atoms with Gasteiger partial charge in [-0.3, -0.25) is 9.10 Å². The number of sulfonamides is 1. The largest absolute Gasteiger partial charge is 0.493 e. The predicted molar refractivity (Wildman–Crippen MR) is 118 cm³/mol. The van der Waals surface area contributed by atoms with E-state index >= 15 is 0 Å². The number of thioether (sulfide) groups is 1. The molecular weight excluding hydrogens is 412 g/mol. The van der Waals surface area contributed by atoms with Crippen LogP contribution in [0.5, 0.6) is 11.5 Å². The minimum atomic E-state index is -3.75. The Labute approximate surface area is 176 Å². The first kappa shape index (κ1) is 22.9. The van der Waals surface area contributed by atoms with E-state index in [1.54, 1.807) is 36.9 Å². The lowest BCUT2D eigenvalue weighted by Crippen LogP contribution is -2.45. The first-order valence-electron chi connectivity index (χ1n) is 8.97. The first-order chi connectivity index (χ1) is 13.7. The van der Waals surface area contributed by atoms with E-state index in [-0.39, 0.29) is 0 Å². The molecule has 1 atom stereocenters. The van der Waals surface area contributed by atoms with Crippen molar-refractivity contribution in [1.82, 2.24) is 0 Å². The van der Waals surface area contributed by atoms with Gasteiger partial charge in [0, 0.05) is 11.0 Å². The fourth-order valence-corrected chi connectivity index (χ4v) is 4.79. The number of nitrogens with zero attached hydrogens (tertiary/aromatic N) is 1. The molecule has 0 saturated heterocycles. The highest BCUT2D eigenvalue weighted by Crippen LogP contribution is 2.33. The number of methoxy groups -OCH3 is 2. The summed E-state index contributed by atoms with van der Waals surface area (Å²) in [5, 5.41) is 2.85. The maximum absolute atomic E-state index is 12.9. The van der Waals surface area contributed by atoms with Crippen LogP contribution in [-0.2, 0) is 14.8 Å². The normalized spacial score (nSPS) is 12.2. The van der Waals surface area contributed by atoms with Gasteiger partial charge in [0.05, 0.1) is 31.9 Å². The Hall–Kier alpha value is -2.39. The van der Waals surface area contributed by atoms with Crippen molar-refractivity contribution in [2.45, 2.75) is 24.8 Å². The third kappa shape index (κ3) is 5.57. The van der Waals surface area contributed by atoms with Crippen LogP contribution in [0.4, 0.5) is 11.4 Å². The number of ether oxygens (including phenoxy) is 2. The summed E-state index contributed by atoms with van der Waals surface area (Å²) in [6, 6.07) is 11.2. The molecular formula is C20H26N2O5S2. The predicted octanol–water partition coefficient (Wildman–Crippen LogP) is 3.61. The lowest BCUT2D eigenvalue weighted by molar-refractivity contribution is -0.116. The molecule has 0 radical (unpaired) electrons. The molecule has 0 fully saturated rings. The number of nitrogens with one attached hydrogen (secondary N) is 1. The van der Waals surface area contributed by atoms with E-state index in [9.17, 15) is 13.2 Å². The molecule has 158 valence electrons. The molecule has 0 aliphatic heterocycles. The van der Waals surface area contributed by atoms with Gasteiger partial charge in [-0.15, -0.1) is 11.8 Å². The fraction of sp³-hybridized carbons (Fsp3) is 0.350. The van der Waals surface area contributed by atoms with E-state index in [0.717, 1.165) is 21.2 Å². The van der Waals surface area contributed by atoms with Crippen molar-refractivity contribution in [3.8, 4) is 11.5 Å². The van der Waals surface area contributed by atoms with Crippen LogP contribution >= 0.6 is 11.8 Å². The van der Waals surface area contributed by atoms with Gasteiger partial charge in [0.15, 0.2) is 11.5 Å². The quantitative estimate of drug-likeness (QED) is 0.602. The average molecular weight is 439 g/mol. The van der Waals surface area contributed by atoms with Crippen molar-refractivity contribution < 1.29 is 22.7 Å². The minimum Gasteiger partial charge on any atom is -0.493 e. The number of hydrogen-bond acceptors (Lipinski definition) is 6. The third-order valence-electron chi connectivity index (χ3n) is 4.15. The summed E-state index contributed by atoms with van der Waals surface area (Å²) in [5.41, 5.74) is 0.959. The molecule has 0 aliphatic carbocycles. The van der Waals surface area contributed by atoms with Gasteiger partial charge in [0.1, 0.15) is 6.04 Å². The van der Waals surface area contributed by atoms with Crippen LogP contribution in [0.1, 0.15) is 13.8 Å². The monoisotopic (exact) mass is 438 g/mol. The summed E-state index contributed by atoms with van der Waals surface area (Å²) in [5.74, 6) is 1.25. The number of carbonyl (C=O) groups excluding carboxylic acids is 1. The summed E-state index contributed by atoms with van der Waals surface area (Å²) < 4.78 is 36.6. The number of para-hydroxylation sites is 1. The van der Waals surface area contributed by atoms with Crippen molar-refractivity contribution in [2.24, 2.45) is 0 Å². The molecule has 0 saturated carbocycles. The Morgan fingerprint density at radius 2 is 1.79 bits per heavy atom. The number of benzene rings is 2. The van der Waals surface area contributed by atoms with E-state index in [1.165, 1.54) is 20.3 Å². The molecule has 2 rings (SSSR count). The number of carbonyl (C=O) groups is 1. The Bertz CT molecular complexity index is 963. The van der Waals surface area contributed by atoms with Gasteiger partial charge in [-0.1, -0.05) is 19.1 Å². The highest BCUT2D eigenvalue weighted by atomic mass is 32.2. The molecule has 2 aromatic carbocycles. The van der Waals surface area contributed by atoms with Gasteiger partial charge in [-0.2, -0.15) is 0 Å². The molecule has 0 aliphatic rings. The Kier molecular flexibility index (Phi) is 7.80. The van der Waals surface area contributed by atoms with Crippen LogP contribution in [0.15, 0.2) is 47.4 Å². The number of anilines is 2. The number of hydrogen-bond donors (Lipinski definition) is 1. The fourth-order valence-electron chi connectivity index (χ4n) is 2.86. The molecule has 0 bridgehead atoms. The van der Waals surface area contributed by atoms with Crippen LogP contribution in [0.25, 0.3) is 0 Å². The summed E-state index contributed by atoms with van der Waals surface area (Å²) in [6.45, 7) is 3.57. The van der Waals surface area contributed by atoms with E-state index in [1.807, 2.05) is 25.1 Å². The van der Waals surface area contributed by atoms with Crippen molar-refractivity contribution in [3.05, 3.63) is 42.5 Å². The van der Waals surface area contributed by atoms with Gasteiger partial charge in [-0.05, 0) is 36.9 Å². The summed E-state index contributed by atoms with van der Waals surface area (Å²) in [7, 11) is -0.792. The topological polar surface area (TPSA) is 84.9 Å². The van der Waals surface area contributed by atoms with Gasteiger partial charge >= 0.3 is 0 Å². The standard InChI is InChI=1S/C20H26N2O5S2/c1-6-28-19-10-8-7-9-16(19)21-20(23)14(2)22(29(5,24)25)15-11-12-17(26-3)18(13-15)27-4/h7-14H,6H2,1-5H3,(H,21,23)/t14-/m0/s1. The van der Waals surface area contributed by atoms with Gasteiger partial charge in [0.2, 0.25) is 15.9 Å². The Balaban J connectivity index is 2.38. The zero-order valence-electron chi connectivity index (χ0n) is 17.1. The average Bonchev–Trinajstić information content (AvgIpc) is 2.68. The smallest absolute Gasteiger partial charge is 0.248 e. The van der Waals surface area contributed by atoms with Crippen LogP contribution in [0, 0.1) is 0 Å².